The zero-order valence-electron chi connectivity index (χ0n) is 8.90. The summed E-state index contributed by atoms with van der Waals surface area (Å²) < 4.78 is 14.6. The molecular weight excluding hydrogens is 221 g/mol. The first kappa shape index (κ1) is 9.89. The van der Waals surface area contributed by atoms with Gasteiger partial charge in [0.15, 0.2) is 0 Å². The molecule has 3 rings (SSSR count). The van der Waals surface area contributed by atoms with E-state index in [9.17, 15) is 9.18 Å². The lowest BCUT2D eigenvalue weighted by molar-refractivity contribution is 0.629. The number of nitrogens with zero attached hydrogens (tertiary/aromatic N) is 1. The summed E-state index contributed by atoms with van der Waals surface area (Å²) in [6, 6.07) is 8.04. The number of aromatic amines is 2. The molecule has 2 heterocycles. The van der Waals surface area contributed by atoms with Crippen molar-refractivity contribution in [1.82, 2.24) is 14.5 Å². The van der Waals surface area contributed by atoms with Gasteiger partial charge in [-0.05, 0) is 30.3 Å². The Morgan fingerprint density at radius 2 is 2.18 bits per heavy atom. The van der Waals surface area contributed by atoms with Crippen LogP contribution in [-0.4, -0.2) is 14.5 Å². The van der Waals surface area contributed by atoms with Gasteiger partial charge in [0.1, 0.15) is 5.82 Å². The fourth-order valence-electron chi connectivity index (χ4n) is 1.93. The third kappa shape index (κ3) is 1.65. The number of benzene rings is 1. The Morgan fingerprint density at radius 1 is 1.29 bits per heavy atom. The van der Waals surface area contributed by atoms with Gasteiger partial charge in [0.25, 0.3) is 0 Å². The highest BCUT2D eigenvalue weighted by atomic mass is 19.1. The van der Waals surface area contributed by atoms with Gasteiger partial charge in [0, 0.05) is 11.9 Å². The minimum atomic E-state index is -0.356. The van der Waals surface area contributed by atoms with E-state index in [-0.39, 0.29) is 11.5 Å². The topological polar surface area (TPSA) is 53.6 Å². The van der Waals surface area contributed by atoms with Gasteiger partial charge in [-0.3, -0.25) is 4.57 Å². The van der Waals surface area contributed by atoms with E-state index < -0.39 is 0 Å². The SMILES string of the molecule is O=c1[nH]c2cc(F)ccc2n1Cc1ccc[nH]1. The zero-order chi connectivity index (χ0) is 11.8. The van der Waals surface area contributed by atoms with Crippen LogP contribution in [-0.2, 0) is 6.54 Å². The smallest absolute Gasteiger partial charge is 0.326 e. The van der Waals surface area contributed by atoms with E-state index in [1.54, 1.807) is 16.8 Å². The van der Waals surface area contributed by atoms with Crippen molar-refractivity contribution in [3.8, 4) is 0 Å². The van der Waals surface area contributed by atoms with E-state index in [2.05, 4.69) is 9.97 Å². The lowest BCUT2D eigenvalue weighted by Gasteiger charge is -2.01. The minimum absolute atomic E-state index is 0.236. The van der Waals surface area contributed by atoms with Crippen LogP contribution < -0.4 is 5.69 Å². The predicted molar refractivity (Wildman–Crippen MR) is 62.4 cm³/mol. The first-order valence-corrected chi connectivity index (χ1v) is 5.24. The maximum atomic E-state index is 13.0. The molecule has 0 saturated carbocycles. The zero-order valence-corrected chi connectivity index (χ0v) is 8.90. The summed E-state index contributed by atoms with van der Waals surface area (Å²) in [5.41, 5.74) is 1.91. The minimum Gasteiger partial charge on any atom is -0.364 e. The van der Waals surface area contributed by atoms with Crippen LogP contribution in [0.25, 0.3) is 11.0 Å². The van der Waals surface area contributed by atoms with Gasteiger partial charge >= 0.3 is 5.69 Å². The molecule has 2 aromatic heterocycles. The summed E-state index contributed by atoms with van der Waals surface area (Å²) in [5, 5.41) is 0. The molecule has 5 heteroatoms. The highest BCUT2D eigenvalue weighted by molar-refractivity contribution is 5.75. The van der Waals surface area contributed by atoms with Crippen molar-refractivity contribution in [1.29, 1.82) is 0 Å². The number of halogens is 1. The monoisotopic (exact) mass is 231 g/mol. The number of H-pyrrole nitrogens is 2. The van der Waals surface area contributed by atoms with Gasteiger partial charge in [-0.25, -0.2) is 9.18 Å². The van der Waals surface area contributed by atoms with E-state index in [4.69, 9.17) is 0 Å². The van der Waals surface area contributed by atoms with E-state index in [1.807, 2.05) is 12.1 Å². The molecule has 17 heavy (non-hydrogen) atoms. The van der Waals surface area contributed by atoms with Gasteiger partial charge in [-0.2, -0.15) is 0 Å². The van der Waals surface area contributed by atoms with Crippen LogP contribution in [0, 0.1) is 5.82 Å². The Morgan fingerprint density at radius 3 is 2.94 bits per heavy atom. The van der Waals surface area contributed by atoms with Crippen LogP contribution in [0.2, 0.25) is 0 Å². The molecule has 3 aromatic rings. The van der Waals surface area contributed by atoms with Crippen LogP contribution in [0.4, 0.5) is 4.39 Å². The van der Waals surface area contributed by atoms with Gasteiger partial charge in [-0.15, -0.1) is 0 Å². The number of fused-ring (bicyclic) bond motifs is 1. The molecule has 0 unspecified atom stereocenters. The second kappa shape index (κ2) is 3.62. The average Bonchev–Trinajstić information content (AvgIpc) is 2.88. The second-order valence-corrected chi connectivity index (χ2v) is 3.87. The van der Waals surface area contributed by atoms with Crippen LogP contribution in [0.3, 0.4) is 0 Å². The van der Waals surface area contributed by atoms with Crippen LogP contribution in [0.15, 0.2) is 41.3 Å². The summed E-state index contributed by atoms with van der Waals surface area (Å²) in [6.07, 6.45) is 1.80. The maximum absolute atomic E-state index is 13.0. The number of hydrogen-bond acceptors (Lipinski definition) is 1. The Balaban J connectivity index is 2.16. The molecule has 2 N–H and O–H groups in total. The van der Waals surface area contributed by atoms with Crippen molar-refractivity contribution in [3.63, 3.8) is 0 Å². The molecule has 86 valence electrons. The molecule has 0 atom stereocenters. The fourth-order valence-corrected chi connectivity index (χ4v) is 1.93. The van der Waals surface area contributed by atoms with Crippen molar-refractivity contribution in [2.45, 2.75) is 6.54 Å². The second-order valence-electron chi connectivity index (χ2n) is 3.87. The highest BCUT2D eigenvalue weighted by Crippen LogP contribution is 2.12. The normalized spacial score (nSPS) is 11.1. The van der Waals surface area contributed by atoms with Gasteiger partial charge in [-0.1, -0.05) is 0 Å². The standard InChI is InChI=1S/C12H10FN3O/c13-8-3-4-11-10(6-8)15-12(17)16(11)7-9-2-1-5-14-9/h1-6,14H,7H2,(H,15,17). The van der Waals surface area contributed by atoms with Crippen molar-refractivity contribution in [3.05, 3.63) is 58.5 Å². The maximum Gasteiger partial charge on any atom is 0.326 e. The Labute approximate surface area is 95.7 Å². The summed E-state index contributed by atoms with van der Waals surface area (Å²) in [4.78, 5) is 17.4. The van der Waals surface area contributed by atoms with Crippen molar-refractivity contribution in [2.75, 3.05) is 0 Å². The first-order chi connectivity index (χ1) is 8.24. The van der Waals surface area contributed by atoms with E-state index >= 15 is 0 Å². The number of hydrogen-bond donors (Lipinski definition) is 2. The highest BCUT2D eigenvalue weighted by Gasteiger charge is 2.07. The van der Waals surface area contributed by atoms with E-state index in [0.29, 0.717) is 17.6 Å². The first-order valence-electron chi connectivity index (χ1n) is 5.24. The number of imidazole rings is 1. The third-order valence-corrected chi connectivity index (χ3v) is 2.73. The number of nitrogens with one attached hydrogen (secondary N) is 2. The molecule has 4 nitrogen and oxygen atoms in total. The van der Waals surface area contributed by atoms with Gasteiger partial charge in [0.2, 0.25) is 0 Å². The average molecular weight is 231 g/mol. The molecule has 0 aliphatic heterocycles. The van der Waals surface area contributed by atoms with Crippen LogP contribution in [0.1, 0.15) is 5.69 Å². The third-order valence-electron chi connectivity index (χ3n) is 2.73. The summed E-state index contributed by atoms with van der Waals surface area (Å²) >= 11 is 0. The number of rotatable bonds is 2. The lowest BCUT2D eigenvalue weighted by Crippen LogP contribution is -2.17. The molecule has 0 amide bonds. The molecule has 0 spiro atoms. The largest absolute Gasteiger partial charge is 0.364 e. The molecule has 0 saturated heterocycles. The van der Waals surface area contributed by atoms with E-state index in [0.717, 1.165) is 5.69 Å². The van der Waals surface area contributed by atoms with Gasteiger partial charge in [0.05, 0.1) is 17.6 Å². The Bertz CT molecular complexity index is 709. The van der Waals surface area contributed by atoms with Crippen molar-refractivity contribution >= 4 is 11.0 Å². The molecule has 0 fully saturated rings. The lowest BCUT2D eigenvalue weighted by atomic mass is 10.3. The summed E-state index contributed by atoms with van der Waals surface area (Å²) in [6.45, 7) is 0.442. The molecule has 0 aliphatic carbocycles. The van der Waals surface area contributed by atoms with Crippen LogP contribution >= 0.6 is 0 Å². The number of aromatic nitrogens is 3. The molecule has 0 bridgehead atoms. The molecule has 0 radical (unpaired) electrons. The quantitative estimate of drug-likeness (QED) is 0.694. The summed E-state index contributed by atoms with van der Waals surface area (Å²) in [7, 11) is 0. The molecular formula is C12H10FN3O. The Hall–Kier alpha value is -2.30. The molecule has 1 aromatic carbocycles. The fraction of sp³-hybridized carbons (Fsp3) is 0.0833. The van der Waals surface area contributed by atoms with Crippen LogP contribution in [0.5, 0.6) is 0 Å². The van der Waals surface area contributed by atoms with Gasteiger partial charge < -0.3 is 9.97 Å². The Kier molecular flexibility index (Phi) is 2.11. The predicted octanol–water partition coefficient (Wildman–Crippen LogP) is 1.85. The molecule has 0 aliphatic rings. The van der Waals surface area contributed by atoms with Crippen molar-refractivity contribution < 1.29 is 4.39 Å². The summed E-state index contributed by atoms with van der Waals surface area (Å²) in [5.74, 6) is -0.356. The van der Waals surface area contributed by atoms with Crippen molar-refractivity contribution in [2.24, 2.45) is 0 Å². The van der Waals surface area contributed by atoms with E-state index in [1.165, 1.54) is 12.1 Å².